The number of nitrogens with zero attached hydrogens (tertiary/aromatic N) is 1. The van der Waals surface area contributed by atoms with Crippen molar-refractivity contribution in [2.24, 2.45) is 0 Å². The highest BCUT2D eigenvalue weighted by Gasteiger charge is 2.07. The number of anilines is 1. The number of carbonyl (C=O) groups excluding carboxylic acids is 1. The average molecular weight is 350 g/mol. The van der Waals surface area contributed by atoms with Crippen LogP contribution in [0.2, 0.25) is 0 Å². The van der Waals surface area contributed by atoms with E-state index in [2.05, 4.69) is 51.9 Å². The van der Waals surface area contributed by atoms with Gasteiger partial charge in [-0.2, -0.15) is 0 Å². The van der Waals surface area contributed by atoms with Crippen molar-refractivity contribution in [3.63, 3.8) is 0 Å². The molecule has 0 spiro atoms. The Morgan fingerprint density at radius 2 is 2.04 bits per heavy atom. The number of nitrogens with one attached hydrogen (secondary N) is 3. The molecule has 136 valence electrons. The molecule has 3 aromatic rings. The molecule has 0 bridgehead atoms. The van der Waals surface area contributed by atoms with Crippen molar-refractivity contribution >= 4 is 22.6 Å². The van der Waals surface area contributed by atoms with Crippen LogP contribution in [0.5, 0.6) is 0 Å². The van der Waals surface area contributed by atoms with Gasteiger partial charge in [0, 0.05) is 41.9 Å². The molecule has 0 aliphatic heterocycles. The molecule has 1 aromatic carbocycles. The van der Waals surface area contributed by atoms with Crippen LogP contribution in [0.15, 0.2) is 48.8 Å². The van der Waals surface area contributed by atoms with Crippen LogP contribution < -0.4 is 10.6 Å². The van der Waals surface area contributed by atoms with Crippen LogP contribution in [0, 0.1) is 0 Å². The number of rotatable bonds is 9. The van der Waals surface area contributed by atoms with E-state index in [9.17, 15) is 4.79 Å². The maximum Gasteiger partial charge on any atom is 0.251 e. The Morgan fingerprint density at radius 1 is 1.15 bits per heavy atom. The van der Waals surface area contributed by atoms with Crippen LogP contribution in [0.1, 0.15) is 42.1 Å². The Morgan fingerprint density at radius 3 is 2.92 bits per heavy atom. The fraction of sp³-hybridized carbons (Fsp3) is 0.333. The third-order valence-electron chi connectivity index (χ3n) is 4.46. The number of H-pyrrole nitrogens is 1. The zero-order valence-electron chi connectivity index (χ0n) is 15.2. The first-order valence-corrected chi connectivity index (χ1v) is 9.31. The molecule has 0 fully saturated rings. The number of para-hydroxylation sites is 1. The van der Waals surface area contributed by atoms with Gasteiger partial charge in [0.2, 0.25) is 0 Å². The van der Waals surface area contributed by atoms with Gasteiger partial charge in [0.15, 0.2) is 0 Å². The van der Waals surface area contributed by atoms with Gasteiger partial charge in [-0.25, -0.2) is 4.98 Å². The summed E-state index contributed by atoms with van der Waals surface area (Å²) in [5, 5.41) is 7.53. The number of unbranched alkanes of at least 4 members (excludes halogenated alkanes) is 2. The maximum atomic E-state index is 12.2. The summed E-state index contributed by atoms with van der Waals surface area (Å²) in [6, 6.07) is 11.9. The molecule has 5 nitrogen and oxygen atoms in total. The topological polar surface area (TPSA) is 69.8 Å². The number of benzene rings is 1. The van der Waals surface area contributed by atoms with E-state index in [-0.39, 0.29) is 5.91 Å². The third kappa shape index (κ3) is 4.63. The molecule has 0 radical (unpaired) electrons. The van der Waals surface area contributed by atoms with Gasteiger partial charge >= 0.3 is 0 Å². The second kappa shape index (κ2) is 9.04. The van der Waals surface area contributed by atoms with E-state index in [1.54, 1.807) is 12.3 Å². The van der Waals surface area contributed by atoms with Crippen LogP contribution in [-0.2, 0) is 6.42 Å². The first-order valence-electron chi connectivity index (χ1n) is 9.31. The minimum atomic E-state index is -0.0387. The number of aromatic nitrogens is 2. The van der Waals surface area contributed by atoms with Crippen LogP contribution in [0.25, 0.3) is 10.9 Å². The number of amides is 1. The van der Waals surface area contributed by atoms with Gasteiger partial charge in [0.1, 0.15) is 5.82 Å². The summed E-state index contributed by atoms with van der Waals surface area (Å²) in [7, 11) is 0. The Bertz CT molecular complexity index is 856. The van der Waals surface area contributed by atoms with E-state index >= 15 is 0 Å². The molecular formula is C21H26N4O. The second-order valence-electron chi connectivity index (χ2n) is 6.43. The Hall–Kier alpha value is -2.82. The SMILES string of the molecule is CCCCCNC(=O)c1ccnc(NCCc2c[nH]c3ccccc23)c1. The van der Waals surface area contributed by atoms with Crippen LogP contribution >= 0.6 is 0 Å². The van der Waals surface area contributed by atoms with Crippen molar-refractivity contribution in [1.82, 2.24) is 15.3 Å². The molecule has 1 amide bonds. The highest BCUT2D eigenvalue weighted by molar-refractivity contribution is 5.94. The lowest BCUT2D eigenvalue weighted by Crippen LogP contribution is -2.24. The van der Waals surface area contributed by atoms with Gasteiger partial charge in [-0.1, -0.05) is 38.0 Å². The maximum absolute atomic E-state index is 12.2. The first kappa shape index (κ1) is 18.0. The number of carbonyl (C=O) groups is 1. The fourth-order valence-electron chi connectivity index (χ4n) is 3.01. The lowest BCUT2D eigenvalue weighted by atomic mass is 10.1. The summed E-state index contributed by atoms with van der Waals surface area (Å²) in [6.45, 7) is 3.63. The van der Waals surface area contributed by atoms with Gasteiger partial charge in [-0.05, 0) is 36.6 Å². The third-order valence-corrected chi connectivity index (χ3v) is 4.46. The minimum Gasteiger partial charge on any atom is -0.370 e. The molecule has 5 heteroatoms. The zero-order chi connectivity index (χ0) is 18.2. The van der Waals surface area contributed by atoms with Gasteiger partial charge in [-0.3, -0.25) is 4.79 Å². The van der Waals surface area contributed by atoms with E-state index in [0.717, 1.165) is 50.1 Å². The molecule has 0 aliphatic rings. The summed E-state index contributed by atoms with van der Waals surface area (Å²) in [6.07, 6.45) is 7.92. The number of fused-ring (bicyclic) bond motifs is 1. The van der Waals surface area contributed by atoms with Crippen molar-refractivity contribution in [3.05, 3.63) is 59.9 Å². The van der Waals surface area contributed by atoms with Crippen molar-refractivity contribution in [2.75, 3.05) is 18.4 Å². The van der Waals surface area contributed by atoms with E-state index in [0.29, 0.717) is 5.56 Å². The monoisotopic (exact) mass is 350 g/mol. The van der Waals surface area contributed by atoms with Crippen LogP contribution in [-0.4, -0.2) is 29.0 Å². The number of hydrogen-bond acceptors (Lipinski definition) is 3. The summed E-state index contributed by atoms with van der Waals surface area (Å²) < 4.78 is 0. The van der Waals surface area contributed by atoms with Gasteiger partial charge in [0.05, 0.1) is 0 Å². The summed E-state index contributed by atoms with van der Waals surface area (Å²) >= 11 is 0. The highest BCUT2D eigenvalue weighted by Crippen LogP contribution is 2.18. The van der Waals surface area contributed by atoms with Crippen molar-refractivity contribution in [3.8, 4) is 0 Å². The second-order valence-corrected chi connectivity index (χ2v) is 6.43. The van der Waals surface area contributed by atoms with Crippen LogP contribution in [0.4, 0.5) is 5.82 Å². The molecule has 0 atom stereocenters. The molecular weight excluding hydrogens is 324 g/mol. The van der Waals surface area contributed by atoms with Crippen molar-refractivity contribution in [1.29, 1.82) is 0 Å². The Balaban J connectivity index is 1.53. The first-order chi connectivity index (χ1) is 12.8. The number of hydrogen-bond donors (Lipinski definition) is 3. The molecule has 26 heavy (non-hydrogen) atoms. The molecule has 2 heterocycles. The molecule has 0 aliphatic carbocycles. The van der Waals surface area contributed by atoms with Gasteiger partial charge in [0.25, 0.3) is 5.91 Å². The number of aromatic amines is 1. The fourth-order valence-corrected chi connectivity index (χ4v) is 3.01. The molecule has 0 saturated carbocycles. The molecule has 2 aromatic heterocycles. The lowest BCUT2D eigenvalue weighted by Gasteiger charge is -2.08. The van der Waals surface area contributed by atoms with Crippen LogP contribution in [0.3, 0.4) is 0 Å². The average Bonchev–Trinajstić information content (AvgIpc) is 3.09. The van der Waals surface area contributed by atoms with E-state index < -0.39 is 0 Å². The molecule has 0 saturated heterocycles. The minimum absolute atomic E-state index is 0.0387. The zero-order valence-corrected chi connectivity index (χ0v) is 15.2. The molecule has 0 unspecified atom stereocenters. The summed E-state index contributed by atoms with van der Waals surface area (Å²) in [5.41, 5.74) is 3.08. The lowest BCUT2D eigenvalue weighted by molar-refractivity contribution is 0.0953. The van der Waals surface area contributed by atoms with E-state index in [4.69, 9.17) is 0 Å². The summed E-state index contributed by atoms with van der Waals surface area (Å²) in [5.74, 6) is 0.689. The predicted molar refractivity (Wildman–Crippen MR) is 107 cm³/mol. The largest absolute Gasteiger partial charge is 0.370 e. The smallest absolute Gasteiger partial charge is 0.251 e. The highest BCUT2D eigenvalue weighted by atomic mass is 16.1. The quantitative estimate of drug-likeness (QED) is 0.508. The number of pyridine rings is 1. The standard InChI is InChI=1S/C21H26N4O/c1-2-3-6-11-24-21(26)16-9-12-22-20(14-16)23-13-10-17-15-25-19-8-5-4-7-18(17)19/h4-5,7-9,12,14-15,25H,2-3,6,10-11,13H2,1H3,(H,22,23)(H,24,26). The van der Waals surface area contributed by atoms with E-state index in [1.807, 2.05) is 12.1 Å². The van der Waals surface area contributed by atoms with Crippen molar-refractivity contribution in [2.45, 2.75) is 32.6 Å². The van der Waals surface area contributed by atoms with E-state index in [1.165, 1.54) is 10.9 Å². The van der Waals surface area contributed by atoms with Gasteiger partial charge in [-0.15, -0.1) is 0 Å². The predicted octanol–water partition coefficient (Wildman–Crippen LogP) is 4.14. The van der Waals surface area contributed by atoms with Gasteiger partial charge < -0.3 is 15.6 Å². The molecule has 3 N–H and O–H groups in total. The molecule has 3 rings (SSSR count). The summed E-state index contributed by atoms with van der Waals surface area (Å²) in [4.78, 5) is 19.8. The Labute approximate surface area is 154 Å². The normalized spacial score (nSPS) is 10.8. The Kier molecular flexibility index (Phi) is 6.25. The van der Waals surface area contributed by atoms with Crippen molar-refractivity contribution < 1.29 is 4.79 Å².